The summed E-state index contributed by atoms with van der Waals surface area (Å²) in [6.45, 7) is 1.64. The first-order chi connectivity index (χ1) is 4.71. The van der Waals surface area contributed by atoms with Gasteiger partial charge in [0.15, 0.2) is 6.49 Å². The fraction of sp³-hybridized carbons (Fsp3) is 1.00. The first-order valence-corrected chi connectivity index (χ1v) is 6.66. The molecule has 0 aromatic carbocycles. The van der Waals surface area contributed by atoms with Gasteiger partial charge in [0.25, 0.3) is 0 Å². The van der Waals surface area contributed by atoms with E-state index in [1.165, 1.54) is 6.42 Å². The van der Waals surface area contributed by atoms with Crippen molar-refractivity contribution in [3.05, 3.63) is 0 Å². The molecule has 0 aromatic rings. The van der Waals surface area contributed by atoms with Crippen molar-refractivity contribution in [2.24, 2.45) is 0 Å². The second-order valence-corrected chi connectivity index (χ2v) is 6.55. The second kappa shape index (κ2) is 3.82. The lowest BCUT2D eigenvalue weighted by Crippen LogP contribution is -2.02. The molecule has 1 saturated heterocycles. The normalized spacial score (nSPS) is 26.9. The van der Waals surface area contributed by atoms with E-state index in [4.69, 9.17) is 20.9 Å². The third kappa shape index (κ3) is 3.11. The molecule has 2 nitrogen and oxygen atoms in total. The summed E-state index contributed by atoms with van der Waals surface area (Å²) in [7, 11) is 0. The Morgan fingerprint density at radius 3 is 2.10 bits per heavy atom. The third-order valence-electron chi connectivity index (χ3n) is 1.44. The molecule has 0 N–H and O–H groups in total. The smallest absolute Gasteiger partial charge is 0.185 e. The molecule has 0 bridgehead atoms. The molecule has 60 valence electrons. The van der Waals surface area contributed by atoms with Gasteiger partial charge in [-0.25, -0.2) is 0 Å². The lowest BCUT2D eigenvalue weighted by Gasteiger charge is -2.20. The van der Waals surface area contributed by atoms with Crippen molar-refractivity contribution in [2.75, 3.05) is 19.9 Å². The molecule has 0 atom stereocenters. The highest BCUT2D eigenvalue weighted by Crippen LogP contribution is 2.45. The summed E-state index contributed by atoms with van der Waals surface area (Å²) in [5, 5.41) is 0. The van der Waals surface area contributed by atoms with Crippen LogP contribution >= 0.6 is 6.49 Å². The molecular weight excluding hydrogens is 167 g/mol. The van der Waals surface area contributed by atoms with E-state index >= 15 is 0 Å². The Hall–Kier alpha value is 0.570. The van der Waals surface area contributed by atoms with Crippen LogP contribution in [0.4, 0.5) is 0 Å². The predicted molar refractivity (Wildman–Crippen MR) is 46.0 cm³/mol. The summed E-state index contributed by atoms with van der Waals surface area (Å²) in [5.74, 6) is 0. The lowest BCUT2D eigenvalue weighted by molar-refractivity contribution is 0.218. The van der Waals surface area contributed by atoms with Gasteiger partial charge in [-0.15, -0.1) is 0 Å². The summed E-state index contributed by atoms with van der Waals surface area (Å²) in [5.41, 5.74) is 0. The van der Waals surface area contributed by atoms with Crippen molar-refractivity contribution in [1.82, 2.24) is 0 Å². The first kappa shape index (κ1) is 8.66. The van der Waals surface area contributed by atoms with E-state index in [1.54, 1.807) is 0 Å². The van der Waals surface area contributed by atoms with Crippen LogP contribution in [0.2, 0.25) is 0 Å². The lowest BCUT2D eigenvalue weighted by atomic mass is 10.2. The van der Waals surface area contributed by atoms with Gasteiger partial charge >= 0.3 is 0 Å². The standard InChI is InChI=1S/C6H13O2PS/c1-9(10)7-5-3-2-4-6-8-9/h2-6H2,1H3. The molecular formula is C6H13O2PS. The van der Waals surface area contributed by atoms with Crippen LogP contribution in [0.5, 0.6) is 0 Å². The SMILES string of the molecule is CP1(=S)OCCCCCO1. The van der Waals surface area contributed by atoms with Crippen LogP contribution in [0, 0.1) is 0 Å². The van der Waals surface area contributed by atoms with Gasteiger partial charge in [0, 0.05) is 6.66 Å². The molecule has 10 heavy (non-hydrogen) atoms. The van der Waals surface area contributed by atoms with Crippen molar-refractivity contribution in [2.45, 2.75) is 19.3 Å². The van der Waals surface area contributed by atoms with Gasteiger partial charge in [0.1, 0.15) is 0 Å². The van der Waals surface area contributed by atoms with Crippen LogP contribution in [0.25, 0.3) is 0 Å². The molecule has 1 rings (SSSR count). The molecule has 4 heteroatoms. The Morgan fingerprint density at radius 2 is 1.60 bits per heavy atom. The van der Waals surface area contributed by atoms with Crippen LogP contribution in [-0.2, 0) is 20.9 Å². The van der Waals surface area contributed by atoms with E-state index < -0.39 is 6.49 Å². The quantitative estimate of drug-likeness (QED) is 0.532. The Morgan fingerprint density at radius 1 is 1.10 bits per heavy atom. The largest absolute Gasteiger partial charge is 0.329 e. The van der Waals surface area contributed by atoms with Crippen LogP contribution in [-0.4, -0.2) is 19.9 Å². The predicted octanol–water partition coefficient (Wildman–Crippen LogP) is 2.14. The average Bonchev–Trinajstić information content (AvgIpc) is 1.81. The molecule has 1 aliphatic heterocycles. The number of hydrogen-bond acceptors (Lipinski definition) is 3. The molecule has 0 aliphatic carbocycles. The van der Waals surface area contributed by atoms with E-state index in [9.17, 15) is 0 Å². The monoisotopic (exact) mass is 180 g/mol. The molecule has 0 unspecified atom stereocenters. The van der Waals surface area contributed by atoms with Crippen molar-refractivity contribution < 1.29 is 9.05 Å². The van der Waals surface area contributed by atoms with Gasteiger partial charge in [-0.05, 0) is 31.1 Å². The van der Waals surface area contributed by atoms with Gasteiger partial charge in [-0.2, -0.15) is 0 Å². The average molecular weight is 180 g/mol. The van der Waals surface area contributed by atoms with Crippen LogP contribution in [0.3, 0.4) is 0 Å². The Kier molecular flexibility index (Phi) is 3.31. The summed E-state index contributed by atoms with van der Waals surface area (Å²) >= 11 is 5.11. The fourth-order valence-electron chi connectivity index (χ4n) is 0.879. The zero-order valence-corrected chi connectivity index (χ0v) is 7.92. The van der Waals surface area contributed by atoms with Gasteiger partial charge in [-0.3, -0.25) is 0 Å². The van der Waals surface area contributed by atoms with Crippen molar-refractivity contribution >= 4 is 18.3 Å². The molecule has 0 amide bonds. The topological polar surface area (TPSA) is 18.5 Å². The second-order valence-electron chi connectivity index (χ2n) is 2.50. The maximum Gasteiger partial charge on any atom is 0.185 e. The highest BCUT2D eigenvalue weighted by Gasteiger charge is 2.12. The van der Waals surface area contributed by atoms with E-state index in [-0.39, 0.29) is 0 Å². The molecule has 0 spiro atoms. The Balaban J connectivity index is 2.38. The maximum absolute atomic E-state index is 5.37. The number of hydrogen-bond donors (Lipinski definition) is 0. The zero-order chi connectivity index (χ0) is 7.45. The highest BCUT2D eigenvalue weighted by molar-refractivity contribution is 8.09. The minimum atomic E-state index is -1.82. The van der Waals surface area contributed by atoms with Crippen LogP contribution < -0.4 is 0 Å². The molecule has 0 aromatic heterocycles. The van der Waals surface area contributed by atoms with Gasteiger partial charge in [-0.1, -0.05) is 0 Å². The fourth-order valence-corrected chi connectivity index (χ4v) is 2.32. The first-order valence-electron chi connectivity index (χ1n) is 3.57. The molecule has 1 fully saturated rings. The Labute approximate surface area is 67.1 Å². The van der Waals surface area contributed by atoms with Crippen molar-refractivity contribution in [1.29, 1.82) is 0 Å². The minimum Gasteiger partial charge on any atom is -0.329 e. The van der Waals surface area contributed by atoms with Crippen LogP contribution in [0.15, 0.2) is 0 Å². The molecule has 0 radical (unpaired) electrons. The zero-order valence-electron chi connectivity index (χ0n) is 6.21. The van der Waals surface area contributed by atoms with Crippen LogP contribution in [0.1, 0.15) is 19.3 Å². The van der Waals surface area contributed by atoms with E-state index in [0.717, 1.165) is 26.1 Å². The van der Waals surface area contributed by atoms with E-state index in [1.807, 2.05) is 6.66 Å². The Bertz CT molecular complexity index is 137. The van der Waals surface area contributed by atoms with Gasteiger partial charge in [0.05, 0.1) is 13.2 Å². The molecule has 1 heterocycles. The van der Waals surface area contributed by atoms with Gasteiger partial charge in [0.2, 0.25) is 0 Å². The summed E-state index contributed by atoms with van der Waals surface area (Å²) < 4.78 is 10.7. The molecule has 0 saturated carbocycles. The minimum absolute atomic E-state index is 0.785. The number of rotatable bonds is 0. The van der Waals surface area contributed by atoms with Crippen molar-refractivity contribution in [3.63, 3.8) is 0 Å². The summed E-state index contributed by atoms with van der Waals surface area (Å²) in [6, 6.07) is 0. The maximum atomic E-state index is 5.37. The van der Waals surface area contributed by atoms with Gasteiger partial charge < -0.3 is 9.05 Å². The summed E-state index contributed by atoms with van der Waals surface area (Å²) in [4.78, 5) is 0. The van der Waals surface area contributed by atoms with Crippen molar-refractivity contribution in [3.8, 4) is 0 Å². The highest BCUT2D eigenvalue weighted by atomic mass is 32.5. The third-order valence-corrected chi connectivity index (χ3v) is 3.38. The summed E-state index contributed by atoms with van der Waals surface area (Å²) in [6.07, 6.45) is 3.47. The molecule has 1 aliphatic rings. The van der Waals surface area contributed by atoms with E-state index in [2.05, 4.69) is 0 Å². The van der Waals surface area contributed by atoms with E-state index in [0.29, 0.717) is 0 Å².